The Morgan fingerprint density at radius 2 is 2.00 bits per heavy atom. The van der Waals surface area contributed by atoms with E-state index in [0.717, 1.165) is 0 Å². The molecular weight excluding hydrogens is 216 g/mol. The lowest BCUT2D eigenvalue weighted by atomic mass is 10.0. The van der Waals surface area contributed by atoms with Gasteiger partial charge in [0.1, 0.15) is 0 Å². The van der Waals surface area contributed by atoms with Gasteiger partial charge in [-0.25, -0.2) is 0 Å². The van der Waals surface area contributed by atoms with Gasteiger partial charge < -0.3 is 15.4 Å². The van der Waals surface area contributed by atoms with Crippen LogP contribution in [0.2, 0.25) is 0 Å². The van der Waals surface area contributed by atoms with Crippen molar-refractivity contribution < 1.29 is 9.53 Å². The molecule has 0 spiro atoms. The molecule has 1 atom stereocenters. The van der Waals surface area contributed by atoms with Crippen molar-refractivity contribution in [3.05, 3.63) is 0 Å². The molecule has 5 heteroatoms. The van der Waals surface area contributed by atoms with Gasteiger partial charge in [0.25, 0.3) is 0 Å². The van der Waals surface area contributed by atoms with Crippen LogP contribution in [0.1, 0.15) is 20.8 Å². The molecule has 0 fully saturated rings. The molecule has 0 aliphatic carbocycles. The number of carbonyl (C=O) groups is 1. The van der Waals surface area contributed by atoms with E-state index in [-0.39, 0.29) is 29.8 Å². The van der Waals surface area contributed by atoms with Crippen molar-refractivity contribution in [3.8, 4) is 0 Å². The van der Waals surface area contributed by atoms with E-state index >= 15 is 0 Å². The fraction of sp³-hybridized carbons (Fsp3) is 0.900. The quantitative estimate of drug-likeness (QED) is 0.720. The van der Waals surface area contributed by atoms with E-state index in [1.807, 2.05) is 27.8 Å². The highest BCUT2D eigenvalue weighted by atomic mass is 35.5. The Morgan fingerprint density at radius 3 is 2.40 bits per heavy atom. The average molecular weight is 239 g/mol. The van der Waals surface area contributed by atoms with Crippen LogP contribution in [-0.4, -0.2) is 38.8 Å². The van der Waals surface area contributed by atoms with Crippen molar-refractivity contribution in [2.24, 2.45) is 5.92 Å². The second kappa shape index (κ2) is 7.91. The summed E-state index contributed by atoms with van der Waals surface area (Å²) < 4.78 is 5.02. The summed E-state index contributed by atoms with van der Waals surface area (Å²) in [6, 6.07) is 0. The molecule has 92 valence electrons. The number of nitrogens with one attached hydrogen (secondary N) is 2. The van der Waals surface area contributed by atoms with Crippen molar-refractivity contribution in [2.75, 3.05) is 27.3 Å². The maximum absolute atomic E-state index is 11.6. The maximum Gasteiger partial charge on any atom is 0.224 e. The summed E-state index contributed by atoms with van der Waals surface area (Å²) in [7, 11) is 3.47. The van der Waals surface area contributed by atoms with Gasteiger partial charge in [0.15, 0.2) is 0 Å². The van der Waals surface area contributed by atoms with Crippen LogP contribution in [0.25, 0.3) is 0 Å². The fourth-order valence-corrected chi connectivity index (χ4v) is 1.25. The van der Waals surface area contributed by atoms with E-state index in [2.05, 4.69) is 10.6 Å². The molecule has 2 N–H and O–H groups in total. The summed E-state index contributed by atoms with van der Waals surface area (Å²) in [6.45, 7) is 7.00. The lowest BCUT2D eigenvalue weighted by Crippen LogP contribution is -2.49. The molecule has 0 aliphatic rings. The van der Waals surface area contributed by atoms with Crippen LogP contribution in [0.3, 0.4) is 0 Å². The smallest absolute Gasteiger partial charge is 0.224 e. The van der Waals surface area contributed by atoms with Gasteiger partial charge in [-0.15, -0.1) is 12.4 Å². The number of ether oxygens (including phenoxy) is 1. The Kier molecular flexibility index (Phi) is 9.01. The van der Waals surface area contributed by atoms with Crippen LogP contribution >= 0.6 is 12.4 Å². The minimum absolute atomic E-state index is 0. The van der Waals surface area contributed by atoms with Crippen LogP contribution in [0.15, 0.2) is 0 Å². The molecule has 0 aromatic carbocycles. The fourth-order valence-electron chi connectivity index (χ4n) is 1.25. The standard InChI is InChI=1S/C10H22N2O2.ClH/c1-8(6-11-4)9(13)12-10(2,3)7-14-5;/h8,11H,6-7H2,1-5H3,(H,12,13);1H. The zero-order valence-corrected chi connectivity index (χ0v) is 11.0. The largest absolute Gasteiger partial charge is 0.382 e. The summed E-state index contributed by atoms with van der Waals surface area (Å²) in [6.07, 6.45) is 0. The Bertz CT molecular complexity index is 186. The summed E-state index contributed by atoms with van der Waals surface area (Å²) in [4.78, 5) is 11.6. The molecule has 0 saturated carbocycles. The summed E-state index contributed by atoms with van der Waals surface area (Å²) in [5, 5.41) is 5.91. The van der Waals surface area contributed by atoms with Gasteiger partial charge in [-0.3, -0.25) is 4.79 Å². The van der Waals surface area contributed by atoms with Gasteiger partial charge in [0.05, 0.1) is 12.1 Å². The molecule has 0 aromatic heterocycles. The molecule has 0 aromatic rings. The Balaban J connectivity index is 0. The normalized spacial score (nSPS) is 12.9. The van der Waals surface area contributed by atoms with E-state index < -0.39 is 0 Å². The SMILES string of the molecule is CNCC(C)C(=O)NC(C)(C)COC.Cl. The lowest BCUT2D eigenvalue weighted by Gasteiger charge is -2.27. The van der Waals surface area contributed by atoms with Crippen LogP contribution in [0.5, 0.6) is 0 Å². The van der Waals surface area contributed by atoms with Gasteiger partial charge in [-0.2, -0.15) is 0 Å². The Hall–Kier alpha value is -0.320. The number of halogens is 1. The summed E-state index contributed by atoms with van der Waals surface area (Å²) >= 11 is 0. The van der Waals surface area contributed by atoms with Crippen molar-refractivity contribution in [1.82, 2.24) is 10.6 Å². The van der Waals surface area contributed by atoms with E-state index in [1.165, 1.54) is 0 Å². The highest BCUT2D eigenvalue weighted by Crippen LogP contribution is 2.04. The summed E-state index contributed by atoms with van der Waals surface area (Å²) in [5.41, 5.74) is -0.298. The Labute approximate surface area is 98.6 Å². The number of carbonyl (C=O) groups excluding carboxylic acids is 1. The number of methoxy groups -OCH3 is 1. The molecule has 0 bridgehead atoms. The minimum Gasteiger partial charge on any atom is -0.382 e. The molecule has 1 unspecified atom stereocenters. The first-order valence-corrected chi connectivity index (χ1v) is 4.88. The second-order valence-electron chi connectivity index (χ2n) is 4.26. The monoisotopic (exact) mass is 238 g/mol. The van der Waals surface area contributed by atoms with E-state index in [1.54, 1.807) is 7.11 Å². The van der Waals surface area contributed by atoms with Crippen LogP contribution in [0, 0.1) is 5.92 Å². The molecule has 0 saturated heterocycles. The van der Waals surface area contributed by atoms with Crippen molar-refractivity contribution >= 4 is 18.3 Å². The molecular formula is C10H23ClN2O2. The van der Waals surface area contributed by atoms with Gasteiger partial charge in [0.2, 0.25) is 5.91 Å². The minimum atomic E-state index is -0.298. The third kappa shape index (κ3) is 7.59. The second-order valence-corrected chi connectivity index (χ2v) is 4.26. The highest BCUT2D eigenvalue weighted by molar-refractivity contribution is 5.85. The first-order valence-electron chi connectivity index (χ1n) is 4.88. The molecule has 1 amide bonds. The molecule has 0 radical (unpaired) electrons. The Morgan fingerprint density at radius 1 is 1.47 bits per heavy atom. The average Bonchev–Trinajstić information content (AvgIpc) is 2.03. The van der Waals surface area contributed by atoms with Crippen molar-refractivity contribution in [2.45, 2.75) is 26.3 Å². The van der Waals surface area contributed by atoms with Gasteiger partial charge in [0, 0.05) is 19.6 Å². The van der Waals surface area contributed by atoms with E-state index in [0.29, 0.717) is 13.2 Å². The summed E-state index contributed by atoms with van der Waals surface area (Å²) in [5.74, 6) is 0.0394. The predicted octanol–water partition coefficient (Wildman–Crippen LogP) is 0.805. The molecule has 15 heavy (non-hydrogen) atoms. The number of hydrogen-bond donors (Lipinski definition) is 2. The first kappa shape index (κ1) is 17.1. The van der Waals surface area contributed by atoms with Crippen LogP contribution in [0.4, 0.5) is 0 Å². The highest BCUT2D eigenvalue weighted by Gasteiger charge is 2.22. The van der Waals surface area contributed by atoms with Gasteiger partial charge in [-0.1, -0.05) is 6.92 Å². The molecule has 0 rings (SSSR count). The molecule has 0 aliphatic heterocycles. The van der Waals surface area contributed by atoms with Crippen molar-refractivity contribution in [1.29, 1.82) is 0 Å². The van der Waals surface area contributed by atoms with Gasteiger partial charge in [-0.05, 0) is 20.9 Å². The third-order valence-corrected chi connectivity index (χ3v) is 1.92. The predicted molar refractivity (Wildman–Crippen MR) is 64.4 cm³/mol. The topological polar surface area (TPSA) is 50.4 Å². The van der Waals surface area contributed by atoms with Crippen molar-refractivity contribution in [3.63, 3.8) is 0 Å². The van der Waals surface area contributed by atoms with E-state index in [4.69, 9.17) is 4.74 Å². The maximum atomic E-state index is 11.6. The van der Waals surface area contributed by atoms with Crippen LogP contribution < -0.4 is 10.6 Å². The lowest BCUT2D eigenvalue weighted by molar-refractivity contribution is -0.126. The zero-order valence-electron chi connectivity index (χ0n) is 10.2. The van der Waals surface area contributed by atoms with Crippen LogP contribution in [-0.2, 0) is 9.53 Å². The van der Waals surface area contributed by atoms with Gasteiger partial charge >= 0.3 is 0 Å². The zero-order chi connectivity index (χ0) is 11.2. The molecule has 4 nitrogen and oxygen atoms in total. The number of rotatable bonds is 6. The number of hydrogen-bond acceptors (Lipinski definition) is 3. The van der Waals surface area contributed by atoms with E-state index in [9.17, 15) is 4.79 Å². The number of amides is 1. The third-order valence-electron chi connectivity index (χ3n) is 1.92. The first-order chi connectivity index (χ1) is 6.43. The molecule has 0 heterocycles.